The molecule has 2 saturated heterocycles. The van der Waals surface area contributed by atoms with E-state index in [4.69, 9.17) is 14.2 Å². The van der Waals surface area contributed by atoms with Gasteiger partial charge in [0.05, 0.1) is 23.8 Å². The third kappa shape index (κ3) is 6.77. The quantitative estimate of drug-likeness (QED) is 0.308. The summed E-state index contributed by atoms with van der Waals surface area (Å²) in [6.07, 6.45) is 0.650. The first-order valence-electron chi connectivity index (χ1n) is 12.9. The molecule has 4 rings (SSSR count). The highest BCUT2D eigenvalue weighted by atomic mass is 79.9. The number of fused-ring (bicyclic) bond motifs is 2. The van der Waals surface area contributed by atoms with Crippen molar-refractivity contribution in [2.45, 2.75) is 96.3 Å². The van der Waals surface area contributed by atoms with Crippen molar-refractivity contribution < 1.29 is 28.2 Å². The Morgan fingerprint density at radius 3 is 2.38 bits per heavy atom. The van der Waals surface area contributed by atoms with Crippen LogP contribution < -0.4 is 9.64 Å². The Morgan fingerprint density at radius 2 is 1.77 bits per heavy atom. The highest BCUT2D eigenvalue weighted by Crippen LogP contribution is 2.41. The summed E-state index contributed by atoms with van der Waals surface area (Å²) in [5.41, 5.74) is -0.923. The fourth-order valence-electron chi connectivity index (χ4n) is 4.94. The minimum absolute atomic E-state index is 0.111. The Morgan fingerprint density at radius 1 is 1.08 bits per heavy atom. The Labute approximate surface area is 236 Å². The number of nitrogens with zero attached hydrogens (tertiary/aromatic N) is 5. The van der Waals surface area contributed by atoms with Crippen LogP contribution in [0.2, 0.25) is 0 Å². The molecule has 2 bridgehead atoms. The Hall–Kier alpha value is -3.02. The summed E-state index contributed by atoms with van der Waals surface area (Å²) in [5, 5.41) is 8.54. The highest BCUT2D eigenvalue weighted by Gasteiger charge is 2.52. The number of hydrogen-bond acceptors (Lipinski definition) is 9. The van der Waals surface area contributed by atoms with E-state index in [0.717, 1.165) is 6.42 Å². The average molecular weight is 609 g/mol. The van der Waals surface area contributed by atoms with Crippen molar-refractivity contribution in [3.05, 3.63) is 28.9 Å². The predicted octanol–water partition coefficient (Wildman–Crippen LogP) is 5.93. The second-order valence-electron chi connectivity index (χ2n) is 11.9. The molecule has 10 nitrogen and oxygen atoms in total. The summed E-state index contributed by atoms with van der Waals surface area (Å²) in [5.74, 6) is 0.828. The van der Waals surface area contributed by atoms with Gasteiger partial charge in [0.1, 0.15) is 23.1 Å². The summed E-state index contributed by atoms with van der Waals surface area (Å²) in [6.45, 7) is 10.6. The molecule has 0 saturated carbocycles. The number of piperidine rings is 1. The Balaban J connectivity index is 1.50. The molecule has 2 aliphatic heterocycles. The van der Waals surface area contributed by atoms with Crippen LogP contribution in [0.1, 0.15) is 60.8 Å². The predicted molar refractivity (Wildman–Crippen MR) is 146 cm³/mol. The van der Waals surface area contributed by atoms with Crippen molar-refractivity contribution in [3.8, 4) is 17.1 Å². The van der Waals surface area contributed by atoms with Gasteiger partial charge < -0.3 is 19.1 Å². The molecule has 212 valence electrons. The molecular formula is C27H35BrFN5O5. The molecular weight excluding hydrogens is 573 g/mol. The van der Waals surface area contributed by atoms with Crippen LogP contribution in [-0.2, 0) is 9.47 Å². The largest absolute Gasteiger partial charge is 0.514 e. The third-order valence-electron chi connectivity index (χ3n) is 6.58. The zero-order valence-corrected chi connectivity index (χ0v) is 24.9. The number of carbonyl (C=O) groups is 2. The lowest BCUT2D eigenvalue weighted by Crippen LogP contribution is -2.59. The lowest BCUT2D eigenvalue weighted by Gasteiger charge is -2.44. The number of aromatic nitrogens is 3. The van der Waals surface area contributed by atoms with Gasteiger partial charge in [0.25, 0.3) is 0 Å². The molecule has 39 heavy (non-hydrogen) atoms. The maximum Gasteiger partial charge on any atom is 0.514 e. The Kier molecular flexibility index (Phi) is 8.07. The molecule has 2 aromatic rings. The highest BCUT2D eigenvalue weighted by molar-refractivity contribution is 9.10. The van der Waals surface area contributed by atoms with Gasteiger partial charge >= 0.3 is 12.2 Å². The number of hydrogen-bond donors (Lipinski definition) is 0. The van der Waals surface area contributed by atoms with Crippen LogP contribution in [0, 0.1) is 0 Å². The average Bonchev–Trinajstić information content (AvgIpc) is 3.16. The molecule has 12 heteroatoms. The van der Waals surface area contributed by atoms with Crippen molar-refractivity contribution in [2.24, 2.45) is 0 Å². The number of benzene rings is 1. The molecule has 4 atom stereocenters. The zero-order valence-electron chi connectivity index (χ0n) is 23.3. The molecule has 1 aromatic heterocycles. The molecule has 0 unspecified atom stereocenters. The number of alkyl halides is 1. The van der Waals surface area contributed by atoms with Crippen LogP contribution in [0.4, 0.5) is 19.8 Å². The molecule has 0 spiro atoms. The van der Waals surface area contributed by atoms with Crippen LogP contribution in [-0.4, -0.2) is 74.9 Å². The summed E-state index contributed by atoms with van der Waals surface area (Å²) in [6, 6.07) is 3.92. The van der Waals surface area contributed by atoms with E-state index in [-0.39, 0.29) is 17.6 Å². The van der Waals surface area contributed by atoms with Crippen LogP contribution in [0.3, 0.4) is 0 Å². The smallest absolute Gasteiger partial charge is 0.444 e. The first-order valence-corrected chi connectivity index (χ1v) is 13.7. The SMILES string of the molecule is CN(c1cnc(-c2ccc(Br)cc2OC(=O)OC(C)(C)C)nn1)[C@H]1C[C@@H]2CC[C@H]([C@H]1F)N2C(=O)OC(C)(C)C. The van der Waals surface area contributed by atoms with Crippen LogP contribution in [0.15, 0.2) is 28.9 Å². The van der Waals surface area contributed by atoms with Gasteiger partial charge in [-0.15, -0.1) is 10.2 Å². The van der Waals surface area contributed by atoms with Gasteiger partial charge in [0, 0.05) is 17.6 Å². The fourth-order valence-corrected chi connectivity index (χ4v) is 5.28. The normalized spacial score (nSPS) is 22.8. The van der Waals surface area contributed by atoms with Crippen molar-refractivity contribution in [1.29, 1.82) is 0 Å². The number of ether oxygens (including phenoxy) is 3. The second-order valence-corrected chi connectivity index (χ2v) is 12.8. The summed E-state index contributed by atoms with van der Waals surface area (Å²) >= 11 is 3.38. The Bertz CT molecular complexity index is 1220. The van der Waals surface area contributed by atoms with Crippen LogP contribution in [0.25, 0.3) is 11.4 Å². The summed E-state index contributed by atoms with van der Waals surface area (Å²) < 4.78 is 32.7. The lowest BCUT2D eigenvalue weighted by molar-refractivity contribution is -0.0104. The summed E-state index contributed by atoms with van der Waals surface area (Å²) in [4.78, 5) is 32.8. The van der Waals surface area contributed by atoms with Gasteiger partial charge in [-0.05, 0) is 79.0 Å². The van der Waals surface area contributed by atoms with E-state index in [1.165, 1.54) is 6.20 Å². The van der Waals surface area contributed by atoms with Crippen molar-refractivity contribution in [2.75, 3.05) is 11.9 Å². The number of amides is 1. The standard InChI is InChI=1S/C27H35BrFN5O5/c1-26(2,3)38-24(35)34-16-9-11-18(34)22(29)19(13-16)33(7)21-14-30-23(32-31-21)17-10-8-15(28)12-20(17)37-25(36)39-27(4,5)6/h8,10,12,14,16,18-19,22H,9,11,13H2,1-7H3/t16-,18+,19-,22+/m0/s1. The molecule has 2 fully saturated rings. The van der Waals surface area contributed by atoms with E-state index < -0.39 is 41.7 Å². The molecule has 2 aliphatic rings. The third-order valence-corrected chi connectivity index (χ3v) is 7.07. The fraction of sp³-hybridized carbons (Fsp3) is 0.593. The van der Waals surface area contributed by atoms with E-state index >= 15 is 4.39 Å². The molecule has 0 radical (unpaired) electrons. The van der Waals surface area contributed by atoms with E-state index in [9.17, 15) is 9.59 Å². The maximum absolute atomic E-state index is 15.8. The maximum atomic E-state index is 15.8. The molecule has 3 heterocycles. The minimum Gasteiger partial charge on any atom is -0.444 e. The van der Waals surface area contributed by atoms with Gasteiger partial charge in [0.2, 0.25) is 0 Å². The van der Waals surface area contributed by atoms with E-state index in [1.807, 2.05) is 0 Å². The van der Waals surface area contributed by atoms with Crippen molar-refractivity contribution >= 4 is 34.0 Å². The molecule has 1 amide bonds. The number of rotatable bonds is 4. The number of carbonyl (C=O) groups excluding carboxylic acids is 2. The number of halogens is 2. The van der Waals surface area contributed by atoms with E-state index in [2.05, 4.69) is 31.1 Å². The first kappa shape index (κ1) is 29.0. The second kappa shape index (κ2) is 10.9. The topological polar surface area (TPSA) is 107 Å². The van der Waals surface area contributed by atoms with Crippen LogP contribution >= 0.6 is 15.9 Å². The molecule has 1 aromatic carbocycles. The molecule has 0 N–H and O–H groups in total. The van der Waals surface area contributed by atoms with Crippen molar-refractivity contribution in [1.82, 2.24) is 20.1 Å². The van der Waals surface area contributed by atoms with Gasteiger partial charge in [-0.2, -0.15) is 0 Å². The van der Waals surface area contributed by atoms with Gasteiger partial charge in [0.15, 0.2) is 11.6 Å². The van der Waals surface area contributed by atoms with E-state index in [0.29, 0.717) is 28.7 Å². The zero-order chi connectivity index (χ0) is 28.7. The first-order chi connectivity index (χ1) is 18.1. The lowest BCUT2D eigenvalue weighted by atomic mass is 9.94. The number of anilines is 1. The van der Waals surface area contributed by atoms with Gasteiger partial charge in [-0.25, -0.2) is 19.0 Å². The van der Waals surface area contributed by atoms with Gasteiger partial charge in [-0.1, -0.05) is 15.9 Å². The molecule has 0 aliphatic carbocycles. The monoisotopic (exact) mass is 607 g/mol. The van der Waals surface area contributed by atoms with Gasteiger partial charge in [-0.3, -0.25) is 4.90 Å². The minimum atomic E-state index is -1.29. The van der Waals surface area contributed by atoms with Crippen LogP contribution in [0.5, 0.6) is 5.75 Å². The van der Waals surface area contributed by atoms with Crippen molar-refractivity contribution in [3.63, 3.8) is 0 Å². The van der Waals surface area contributed by atoms with E-state index in [1.54, 1.807) is 76.6 Å². The summed E-state index contributed by atoms with van der Waals surface area (Å²) in [7, 11) is 1.75.